The molecule has 0 bridgehead atoms. The quantitative estimate of drug-likeness (QED) is 0.841. The van der Waals surface area contributed by atoms with Crippen LogP contribution in [-0.4, -0.2) is 41.1 Å². The highest BCUT2D eigenvalue weighted by atomic mass is 16.6. The first-order valence-electron chi connectivity index (χ1n) is 8.16. The Kier molecular flexibility index (Phi) is 3.97. The summed E-state index contributed by atoms with van der Waals surface area (Å²) in [7, 11) is 1.57. The molecular formula is C18H22N2O5. The van der Waals surface area contributed by atoms with E-state index in [1.807, 2.05) is 0 Å². The Morgan fingerprint density at radius 3 is 2.48 bits per heavy atom. The molecule has 0 spiro atoms. The van der Waals surface area contributed by atoms with Gasteiger partial charge in [0.25, 0.3) is 5.91 Å². The van der Waals surface area contributed by atoms with E-state index in [2.05, 4.69) is 5.32 Å². The summed E-state index contributed by atoms with van der Waals surface area (Å²) in [5.74, 6) is -0.416. The number of benzene rings is 1. The number of piperidine rings is 1. The smallest absolute Gasteiger partial charge is 0.408 e. The van der Waals surface area contributed by atoms with E-state index in [-0.39, 0.29) is 18.4 Å². The van der Waals surface area contributed by atoms with Gasteiger partial charge in [0.2, 0.25) is 5.91 Å². The number of carbonyl (C=O) groups is 3. The Morgan fingerprint density at radius 2 is 1.92 bits per heavy atom. The average Bonchev–Trinajstić information content (AvgIpc) is 3.20. The molecule has 2 atom stereocenters. The number of hydrogen-bond acceptors (Lipinski definition) is 5. The number of fused-ring (bicyclic) bond motifs is 1. The molecule has 1 aliphatic carbocycles. The Morgan fingerprint density at radius 1 is 1.28 bits per heavy atom. The molecule has 2 fully saturated rings. The fourth-order valence-corrected chi connectivity index (χ4v) is 3.07. The fourth-order valence-electron chi connectivity index (χ4n) is 3.07. The van der Waals surface area contributed by atoms with Crippen LogP contribution in [0.5, 0.6) is 5.75 Å². The van der Waals surface area contributed by atoms with E-state index >= 15 is 0 Å². The molecule has 7 heteroatoms. The molecule has 1 aliphatic heterocycles. The molecule has 1 aromatic carbocycles. The standard InChI is InChI=1S/C18H22N2O5/c1-17(2,3)25-16(23)19-18-9-13(18)14(21)20(15(18)22)10-11-5-7-12(24-4)8-6-11/h5-8,13H,9-10H2,1-4H3,(H,19,23). The summed E-state index contributed by atoms with van der Waals surface area (Å²) in [6.45, 7) is 5.40. The van der Waals surface area contributed by atoms with Crippen molar-refractivity contribution in [3.8, 4) is 5.75 Å². The number of imide groups is 1. The monoisotopic (exact) mass is 346 g/mol. The Bertz CT molecular complexity index is 722. The molecule has 3 amide bonds. The first-order chi connectivity index (χ1) is 11.7. The van der Waals surface area contributed by atoms with Gasteiger partial charge >= 0.3 is 6.09 Å². The maximum atomic E-state index is 12.7. The van der Waals surface area contributed by atoms with Gasteiger partial charge in [-0.1, -0.05) is 12.1 Å². The number of nitrogens with one attached hydrogen (secondary N) is 1. The van der Waals surface area contributed by atoms with E-state index < -0.39 is 23.2 Å². The number of amides is 3. The number of alkyl carbamates (subject to hydrolysis) is 1. The van der Waals surface area contributed by atoms with E-state index in [0.29, 0.717) is 12.2 Å². The van der Waals surface area contributed by atoms with Gasteiger partial charge in [-0.05, 0) is 44.9 Å². The summed E-state index contributed by atoms with van der Waals surface area (Å²) < 4.78 is 10.3. The van der Waals surface area contributed by atoms with Gasteiger partial charge in [0.05, 0.1) is 19.6 Å². The first kappa shape index (κ1) is 17.3. The molecule has 134 valence electrons. The molecule has 1 heterocycles. The Labute approximate surface area is 146 Å². The van der Waals surface area contributed by atoms with Crippen molar-refractivity contribution >= 4 is 17.9 Å². The molecule has 1 aromatic rings. The van der Waals surface area contributed by atoms with Crippen molar-refractivity contribution in [2.24, 2.45) is 5.92 Å². The van der Waals surface area contributed by atoms with Gasteiger partial charge < -0.3 is 14.8 Å². The van der Waals surface area contributed by atoms with Gasteiger partial charge in [0, 0.05) is 0 Å². The zero-order chi connectivity index (χ0) is 18.4. The molecule has 2 unspecified atom stereocenters. The lowest BCUT2D eigenvalue weighted by molar-refractivity contribution is -0.142. The first-order valence-corrected chi connectivity index (χ1v) is 8.16. The van der Waals surface area contributed by atoms with E-state index in [0.717, 1.165) is 5.56 Å². The van der Waals surface area contributed by atoms with E-state index in [1.54, 1.807) is 52.1 Å². The van der Waals surface area contributed by atoms with Crippen molar-refractivity contribution in [3.63, 3.8) is 0 Å². The summed E-state index contributed by atoms with van der Waals surface area (Å²) in [5.41, 5.74) is -0.984. The molecule has 1 saturated heterocycles. The number of nitrogens with zero attached hydrogens (tertiary/aromatic N) is 1. The van der Waals surface area contributed by atoms with Gasteiger partial charge in [-0.2, -0.15) is 0 Å². The lowest BCUT2D eigenvalue weighted by Gasteiger charge is -2.23. The third-order valence-corrected chi connectivity index (χ3v) is 4.38. The van der Waals surface area contributed by atoms with E-state index in [4.69, 9.17) is 9.47 Å². The molecule has 1 N–H and O–H groups in total. The minimum absolute atomic E-state index is 0.176. The highest BCUT2D eigenvalue weighted by Gasteiger charge is 2.73. The van der Waals surface area contributed by atoms with Crippen molar-refractivity contribution in [1.29, 1.82) is 0 Å². The van der Waals surface area contributed by atoms with Crippen LogP contribution in [0, 0.1) is 5.92 Å². The van der Waals surface area contributed by atoms with Crippen LogP contribution in [0.25, 0.3) is 0 Å². The molecule has 1 saturated carbocycles. The predicted octanol–water partition coefficient (Wildman–Crippen LogP) is 1.85. The van der Waals surface area contributed by atoms with Gasteiger partial charge in [0.1, 0.15) is 16.9 Å². The number of methoxy groups -OCH3 is 1. The third kappa shape index (κ3) is 3.18. The van der Waals surface area contributed by atoms with Crippen LogP contribution in [-0.2, 0) is 20.9 Å². The summed E-state index contributed by atoms with van der Waals surface area (Å²) in [4.78, 5) is 38.4. The summed E-state index contributed by atoms with van der Waals surface area (Å²) in [5, 5.41) is 2.61. The lowest BCUT2D eigenvalue weighted by Crippen LogP contribution is -2.48. The molecule has 2 aliphatic rings. The number of rotatable bonds is 4. The minimum Gasteiger partial charge on any atom is -0.497 e. The zero-order valence-electron chi connectivity index (χ0n) is 14.8. The zero-order valence-corrected chi connectivity index (χ0v) is 14.8. The van der Waals surface area contributed by atoms with Crippen molar-refractivity contribution in [2.45, 2.75) is 44.9 Å². The second kappa shape index (κ2) is 5.75. The second-order valence-electron chi connectivity index (χ2n) is 7.43. The van der Waals surface area contributed by atoms with Crippen LogP contribution < -0.4 is 10.1 Å². The molecule has 0 aromatic heterocycles. The molecule has 0 radical (unpaired) electrons. The minimum atomic E-state index is -1.13. The molecule has 7 nitrogen and oxygen atoms in total. The van der Waals surface area contributed by atoms with Crippen molar-refractivity contribution in [1.82, 2.24) is 10.2 Å². The Hall–Kier alpha value is -2.57. The number of likely N-dealkylation sites (tertiary alicyclic amines) is 1. The summed E-state index contributed by atoms with van der Waals surface area (Å²) in [6, 6.07) is 7.15. The maximum absolute atomic E-state index is 12.7. The largest absolute Gasteiger partial charge is 0.497 e. The number of ether oxygens (including phenoxy) is 2. The number of carbonyl (C=O) groups excluding carboxylic acids is 3. The van der Waals surface area contributed by atoms with Gasteiger partial charge in [-0.15, -0.1) is 0 Å². The van der Waals surface area contributed by atoms with Crippen LogP contribution in [0.2, 0.25) is 0 Å². The van der Waals surface area contributed by atoms with Crippen molar-refractivity contribution < 1.29 is 23.9 Å². The topological polar surface area (TPSA) is 84.9 Å². The summed E-state index contributed by atoms with van der Waals surface area (Å²) >= 11 is 0. The SMILES string of the molecule is COc1ccc(CN2C(=O)C3CC3(NC(=O)OC(C)(C)C)C2=O)cc1. The van der Waals surface area contributed by atoms with Crippen LogP contribution >= 0.6 is 0 Å². The second-order valence-corrected chi connectivity index (χ2v) is 7.43. The van der Waals surface area contributed by atoms with E-state index in [1.165, 1.54) is 4.90 Å². The lowest BCUT2D eigenvalue weighted by atomic mass is 10.2. The van der Waals surface area contributed by atoms with E-state index in [9.17, 15) is 14.4 Å². The van der Waals surface area contributed by atoms with Gasteiger partial charge in [-0.25, -0.2) is 4.79 Å². The Balaban J connectivity index is 1.69. The average molecular weight is 346 g/mol. The number of hydrogen-bond donors (Lipinski definition) is 1. The van der Waals surface area contributed by atoms with Crippen molar-refractivity contribution in [2.75, 3.05) is 7.11 Å². The molecule has 3 rings (SSSR count). The van der Waals surface area contributed by atoms with Crippen LogP contribution in [0.15, 0.2) is 24.3 Å². The maximum Gasteiger partial charge on any atom is 0.408 e. The van der Waals surface area contributed by atoms with Crippen LogP contribution in [0.4, 0.5) is 4.79 Å². The van der Waals surface area contributed by atoms with Gasteiger partial charge in [-0.3, -0.25) is 14.5 Å². The third-order valence-electron chi connectivity index (χ3n) is 4.38. The van der Waals surface area contributed by atoms with Crippen LogP contribution in [0.3, 0.4) is 0 Å². The fraction of sp³-hybridized carbons (Fsp3) is 0.500. The normalized spacial score (nSPS) is 24.8. The molecule has 25 heavy (non-hydrogen) atoms. The summed E-state index contributed by atoms with van der Waals surface area (Å²) in [6.07, 6.45) is -0.342. The highest BCUT2D eigenvalue weighted by molar-refractivity contribution is 6.15. The van der Waals surface area contributed by atoms with Crippen LogP contribution in [0.1, 0.15) is 32.8 Å². The van der Waals surface area contributed by atoms with Crippen molar-refractivity contribution in [3.05, 3.63) is 29.8 Å². The molecular weight excluding hydrogens is 324 g/mol. The van der Waals surface area contributed by atoms with Gasteiger partial charge in [0.15, 0.2) is 0 Å². The predicted molar refractivity (Wildman–Crippen MR) is 88.8 cm³/mol. The highest BCUT2D eigenvalue weighted by Crippen LogP contribution is 2.51.